The summed E-state index contributed by atoms with van der Waals surface area (Å²) in [6, 6.07) is 3.42. The van der Waals surface area contributed by atoms with Crippen molar-refractivity contribution in [1.29, 1.82) is 0 Å². The first kappa shape index (κ1) is 27.9. The third-order valence-corrected chi connectivity index (χ3v) is 7.58. The zero-order chi connectivity index (χ0) is 28.2. The van der Waals surface area contributed by atoms with E-state index in [0.29, 0.717) is 52.1 Å². The van der Waals surface area contributed by atoms with Crippen LogP contribution in [0.25, 0.3) is 11.1 Å². The standard InChI is InChI=1S/C21H24B8F3N3O3/c22-8-6-7(11(23)14(26)16(8)38-21(30,31)32)9-12(24)10-17(15(27)13(9)25)37-5-4-35(18(10)36)20(28,29)19-33-2-1-3-34-19/h1-3,6H,4-5,22-29H2. The molecule has 0 unspecified atom stereocenters. The molecule has 0 atom stereocenters. The quantitative estimate of drug-likeness (QED) is 0.327. The second-order valence-corrected chi connectivity index (χ2v) is 10.3. The zero-order valence-electron chi connectivity index (χ0n) is 22.9. The van der Waals surface area contributed by atoms with E-state index < -0.39 is 11.7 Å². The summed E-state index contributed by atoms with van der Waals surface area (Å²) in [7, 11) is 14.5. The van der Waals surface area contributed by atoms with Crippen LogP contribution in [0.5, 0.6) is 11.5 Å². The number of carbonyl (C=O) groups excluding carboxylic acids is 1. The number of nitrogens with zero attached hydrogens (tertiary/aromatic N) is 3. The van der Waals surface area contributed by atoms with Gasteiger partial charge in [0.25, 0.3) is 5.91 Å². The van der Waals surface area contributed by atoms with Gasteiger partial charge in [-0.15, -0.1) is 13.2 Å². The normalized spacial score (nSPS) is 14.0. The van der Waals surface area contributed by atoms with Gasteiger partial charge in [0.2, 0.25) is 0 Å². The van der Waals surface area contributed by atoms with Crippen LogP contribution in [0.15, 0.2) is 24.5 Å². The van der Waals surface area contributed by atoms with E-state index in [-0.39, 0.29) is 11.7 Å². The van der Waals surface area contributed by atoms with Crippen molar-refractivity contribution >= 4 is 101 Å². The molecular formula is C21H24B8F3N3O3. The summed E-state index contributed by atoms with van der Waals surface area (Å²) in [6.07, 6.45) is -1.50. The second-order valence-electron chi connectivity index (χ2n) is 10.3. The third kappa shape index (κ3) is 4.76. The fraction of sp³-hybridized carbons (Fsp3) is 0.190. The minimum absolute atomic E-state index is 0.198. The van der Waals surface area contributed by atoms with Crippen molar-refractivity contribution in [2.24, 2.45) is 0 Å². The Bertz CT molecular complexity index is 1440. The molecule has 1 aliphatic heterocycles. The van der Waals surface area contributed by atoms with Crippen LogP contribution in [-0.4, -0.2) is 103 Å². The number of fused-ring (bicyclic) bond motifs is 1. The SMILES string of the molecule is Bc1cc(-c2c(B)c(B)c3c(c2B)C(=O)N(C(B)(B)c2ncccn2)CCO3)c(B)c(B)c1OC(F)(F)F. The van der Waals surface area contributed by atoms with Crippen LogP contribution in [0.4, 0.5) is 13.2 Å². The van der Waals surface area contributed by atoms with Gasteiger partial charge in [-0.1, -0.05) is 33.4 Å². The van der Waals surface area contributed by atoms with Crippen LogP contribution in [0.3, 0.4) is 0 Å². The van der Waals surface area contributed by atoms with E-state index in [1.54, 1.807) is 53.0 Å². The summed E-state index contributed by atoms with van der Waals surface area (Å²) in [5.41, 5.74) is 5.83. The number of alkyl halides is 3. The van der Waals surface area contributed by atoms with Crippen molar-refractivity contribution in [1.82, 2.24) is 14.9 Å². The number of aromatic nitrogens is 2. The minimum atomic E-state index is -4.79. The van der Waals surface area contributed by atoms with Crippen molar-refractivity contribution in [2.75, 3.05) is 13.2 Å². The molecular weight excluding hydrogens is 486 g/mol. The highest BCUT2D eigenvalue weighted by Gasteiger charge is 2.39. The summed E-state index contributed by atoms with van der Waals surface area (Å²) in [4.78, 5) is 24.7. The maximum absolute atomic E-state index is 14.2. The molecule has 0 N–H and O–H groups in total. The van der Waals surface area contributed by atoms with Gasteiger partial charge >= 0.3 is 6.36 Å². The molecule has 0 spiro atoms. The van der Waals surface area contributed by atoms with Crippen LogP contribution < -0.4 is 42.3 Å². The van der Waals surface area contributed by atoms with Crippen molar-refractivity contribution < 1.29 is 27.4 Å². The third-order valence-electron chi connectivity index (χ3n) is 7.58. The van der Waals surface area contributed by atoms with E-state index in [4.69, 9.17) is 4.74 Å². The summed E-state index contributed by atoms with van der Waals surface area (Å²) >= 11 is 0. The molecule has 3 aromatic rings. The predicted molar refractivity (Wildman–Crippen MR) is 165 cm³/mol. The van der Waals surface area contributed by atoms with Gasteiger partial charge in [-0.3, -0.25) is 4.79 Å². The number of hydrogen-bond donors (Lipinski definition) is 0. The van der Waals surface area contributed by atoms with E-state index >= 15 is 0 Å². The largest absolute Gasteiger partial charge is 0.573 e. The van der Waals surface area contributed by atoms with Crippen LogP contribution in [0.2, 0.25) is 0 Å². The highest BCUT2D eigenvalue weighted by molar-refractivity contribution is 6.59. The van der Waals surface area contributed by atoms with E-state index in [0.717, 1.165) is 22.1 Å². The minimum Gasteiger partial charge on any atom is -0.492 e. The Balaban J connectivity index is 1.93. The van der Waals surface area contributed by atoms with Gasteiger partial charge in [-0.25, -0.2) is 9.97 Å². The highest BCUT2D eigenvalue weighted by atomic mass is 19.4. The Kier molecular flexibility index (Phi) is 7.27. The molecule has 2 aromatic carbocycles. The predicted octanol–water partition coefficient (Wildman–Crippen LogP) is -8.50. The molecule has 186 valence electrons. The molecule has 38 heavy (non-hydrogen) atoms. The average Bonchev–Trinajstić information content (AvgIpc) is 3.03. The van der Waals surface area contributed by atoms with Gasteiger partial charge in [0.15, 0.2) is 0 Å². The molecule has 1 aliphatic rings. The number of rotatable bonds is 4. The highest BCUT2D eigenvalue weighted by Crippen LogP contribution is 2.28. The number of hydrogen-bond acceptors (Lipinski definition) is 5. The van der Waals surface area contributed by atoms with E-state index in [9.17, 15) is 18.0 Å². The average molecular weight is 510 g/mol. The first-order chi connectivity index (χ1) is 17.7. The molecule has 0 fully saturated rings. The monoisotopic (exact) mass is 511 g/mol. The first-order valence-electron chi connectivity index (χ1n) is 12.4. The number of ether oxygens (including phenoxy) is 2. The molecule has 6 nitrogen and oxygen atoms in total. The van der Waals surface area contributed by atoms with Crippen molar-refractivity contribution in [3.63, 3.8) is 0 Å². The zero-order valence-corrected chi connectivity index (χ0v) is 22.9. The summed E-state index contributed by atoms with van der Waals surface area (Å²) in [5.74, 6) is 0.640. The Hall–Kier alpha value is -3.10. The van der Waals surface area contributed by atoms with E-state index in [1.165, 1.54) is 0 Å². The summed E-state index contributed by atoms with van der Waals surface area (Å²) < 4.78 is 49.7. The maximum atomic E-state index is 14.2. The molecule has 17 heteroatoms. The van der Waals surface area contributed by atoms with Gasteiger partial charge in [0.05, 0.1) is 12.1 Å². The lowest BCUT2D eigenvalue weighted by molar-refractivity contribution is -0.273. The molecule has 1 aromatic heterocycles. The van der Waals surface area contributed by atoms with Crippen molar-refractivity contribution in [2.45, 2.75) is 11.7 Å². The molecule has 0 radical (unpaired) electrons. The number of amides is 1. The Labute approximate surface area is 227 Å². The van der Waals surface area contributed by atoms with Gasteiger partial charge in [0.1, 0.15) is 86.7 Å². The summed E-state index contributed by atoms with van der Waals surface area (Å²) in [6.45, 7) is 0.640. The lowest BCUT2D eigenvalue weighted by atomic mass is 9.59. The fourth-order valence-electron chi connectivity index (χ4n) is 5.30. The molecule has 0 aliphatic carbocycles. The second kappa shape index (κ2) is 9.89. The van der Waals surface area contributed by atoms with Crippen LogP contribution >= 0.6 is 0 Å². The number of halogens is 3. The first-order valence-corrected chi connectivity index (χ1v) is 12.4. The molecule has 1 amide bonds. The number of benzene rings is 2. The fourth-order valence-corrected chi connectivity index (χ4v) is 5.30. The molecule has 0 saturated carbocycles. The molecule has 4 rings (SSSR count). The molecule has 2 heterocycles. The molecule has 0 saturated heterocycles. The Morgan fingerprint density at radius 2 is 1.53 bits per heavy atom. The summed E-state index contributed by atoms with van der Waals surface area (Å²) in [5, 5.41) is -0.811. The topological polar surface area (TPSA) is 64.6 Å². The van der Waals surface area contributed by atoms with Gasteiger partial charge in [-0.05, 0) is 22.7 Å². The van der Waals surface area contributed by atoms with Crippen molar-refractivity contribution in [3.05, 3.63) is 35.9 Å². The molecule has 0 bridgehead atoms. The van der Waals surface area contributed by atoms with Crippen LogP contribution in [-0.2, 0) is 5.34 Å². The van der Waals surface area contributed by atoms with Gasteiger partial charge in [0, 0.05) is 17.7 Å². The smallest absolute Gasteiger partial charge is 0.492 e. The van der Waals surface area contributed by atoms with Gasteiger partial charge < -0.3 is 14.4 Å². The van der Waals surface area contributed by atoms with Gasteiger partial charge in [-0.2, -0.15) is 0 Å². The van der Waals surface area contributed by atoms with Crippen molar-refractivity contribution in [3.8, 4) is 22.6 Å². The lowest BCUT2D eigenvalue weighted by Gasteiger charge is -2.37. The van der Waals surface area contributed by atoms with Crippen LogP contribution in [0.1, 0.15) is 16.2 Å². The van der Waals surface area contributed by atoms with E-state index in [1.807, 2.05) is 39.2 Å². The maximum Gasteiger partial charge on any atom is 0.573 e. The van der Waals surface area contributed by atoms with E-state index in [2.05, 4.69) is 14.7 Å². The Morgan fingerprint density at radius 3 is 2.13 bits per heavy atom. The van der Waals surface area contributed by atoms with Crippen LogP contribution in [0, 0.1) is 0 Å². The Morgan fingerprint density at radius 1 is 0.895 bits per heavy atom. The number of carbonyl (C=O) groups is 1. The lowest BCUT2D eigenvalue weighted by Crippen LogP contribution is -2.53.